The van der Waals surface area contributed by atoms with Gasteiger partial charge in [-0.3, -0.25) is 0 Å². The van der Waals surface area contributed by atoms with Crippen LogP contribution in [-0.4, -0.2) is 39.4 Å². The highest BCUT2D eigenvalue weighted by Crippen LogP contribution is 2.15. The Labute approximate surface area is 144 Å². The number of anilines is 1. The van der Waals surface area contributed by atoms with Crippen LogP contribution in [0.25, 0.3) is 5.82 Å². The Morgan fingerprint density at radius 1 is 1.24 bits per heavy atom. The molecule has 0 bridgehead atoms. The number of pyridine rings is 1. The first-order valence-corrected chi connectivity index (χ1v) is 7.70. The van der Waals surface area contributed by atoms with Crippen LogP contribution in [0.2, 0.25) is 0 Å². The van der Waals surface area contributed by atoms with Crippen LogP contribution < -0.4 is 10.6 Å². The second-order valence-corrected chi connectivity index (χ2v) is 5.22. The molecule has 3 aromatic rings. The van der Waals surface area contributed by atoms with E-state index in [4.69, 9.17) is 4.74 Å². The highest BCUT2D eigenvalue weighted by atomic mass is 16.5. The average molecular weight is 338 g/mol. The van der Waals surface area contributed by atoms with E-state index in [1.165, 1.54) is 11.0 Å². The minimum atomic E-state index is -0.326. The molecule has 0 radical (unpaired) electrons. The van der Waals surface area contributed by atoms with Gasteiger partial charge in [-0.1, -0.05) is 30.3 Å². The Morgan fingerprint density at radius 2 is 2.08 bits per heavy atom. The van der Waals surface area contributed by atoms with Crippen LogP contribution in [0.5, 0.6) is 0 Å². The quantitative estimate of drug-likeness (QED) is 0.718. The lowest BCUT2D eigenvalue weighted by Gasteiger charge is -2.16. The van der Waals surface area contributed by atoms with Crippen molar-refractivity contribution in [2.75, 3.05) is 19.0 Å². The Bertz CT molecular complexity index is 790. The number of nitrogens with zero attached hydrogens (tertiary/aromatic N) is 4. The summed E-state index contributed by atoms with van der Waals surface area (Å²) in [4.78, 5) is 20.1. The van der Waals surface area contributed by atoms with Crippen molar-refractivity contribution in [1.29, 1.82) is 0 Å². The SMILES string of the molecule is COC(CNC(=O)Nc1ccc(-n2cncn2)nc1)c1ccccc1. The molecule has 2 amide bonds. The zero-order chi connectivity index (χ0) is 17.5. The van der Waals surface area contributed by atoms with E-state index in [1.54, 1.807) is 31.8 Å². The molecule has 8 nitrogen and oxygen atoms in total. The van der Waals surface area contributed by atoms with Gasteiger partial charge in [0, 0.05) is 13.7 Å². The Hall–Kier alpha value is -3.26. The molecular formula is C17H18N6O2. The van der Waals surface area contributed by atoms with Crippen LogP contribution in [0, 0.1) is 0 Å². The molecule has 2 aromatic heterocycles. The fourth-order valence-electron chi connectivity index (χ4n) is 2.29. The van der Waals surface area contributed by atoms with E-state index in [-0.39, 0.29) is 12.1 Å². The minimum absolute atomic E-state index is 0.209. The lowest BCUT2D eigenvalue weighted by Crippen LogP contribution is -2.33. The maximum Gasteiger partial charge on any atom is 0.319 e. The molecule has 128 valence electrons. The maximum absolute atomic E-state index is 12.0. The standard InChI is InChI=1S/C17H18N6O2/c1-25-15(13-5-3-2-4-6-13)10-20-17(24)22-14-7-8-16(19-9-14)23-12-18-11-21-23/h2-9,11-12,15H,10H2,1H3,(H2,20,22,24). The van der Waals surface area contributed by atoms with Crippen LogP contribution in [-0.2, 0) is 4.74 Å². The van der Waals surface area contributed by atoms with Crippen LogP contribution >= 0.6 is 0 Å². The van der Waals surface area contributed by atoms with Crippen molar-refractivity contribution in [2.45, 2.75) is 6.10 Å². The molecule has 2 N–H and O–H groups in total. The van der Waals surface area contributed by atoms with E-state index in [2.05, 4.69) is 25.7 Å². The normalized spacial score (nSPS) is 11.7. The van der Waals surface area contributed by atoms with E-state index in [9.17, 15) is 4.79 Å². The number of ether oxygens (including phenoxy) is 1. The summed E-state index contributed by atoms with van der Waals surface area (Å²) in [5.74, 6) is 0.618. The molecule has 0 saturated heterocycles. The van der Waals surface area contributed by atoms with Crippen molar-refractivity contribution in [1.82, 2.24) is 25.1 Å². The number of methoxy groups -OCH3 is 1. The van der Waals surface area contributed by atoms with Crippen LogP contribution in [0.1, 0.15) is 11.7 Å². The van der Waals surface area contributed by atoms with E-state index in [0.717, 1.165) is 5.56 Å². The lowest BCUT2D eigenvalue weighted by molar-refractivity contribution is 0.104. The number of nitrogens with one attached hydrogen (secondary N) is 2. The van der Waals surface area contributed by atoms with E-state index < -0.39 is 0 Å². The van der Waals surface area contributed by atoms with Gasteiger partial charge in [0.15, 0.2) is 5.82 Å². The number of rotatable bonds is 6. The highest BCUT2D eigenvalue weighted by molar-refractivity contribution is 5.89. The fourth-order valence-corrected chi connectivity index (χ4v) is 2.29. The number of hydrogen-bond donors (Lipinski definition) is 2. The number of urea groups is 1. The van der Waals surface area contributed by atoms with Gasteiger partial charge in [0.2, 0.25) is 0 Å². The molecule has 3 rings (SSSR count). The predicted molar refractivity (Wildman–Crippen MR) is 92.4 cm³/mol. The minimum Gasteiger partial charge on any atom is -0.375 e. The molecule has 0 aliphatic rings. The van der Waals surface area contributed by atoms with Gasteiger partial charge in [0.1, 0.15) is 12.7 Å². The smallest absolute Gasteiger partial charge is 0.319 e. The van der Waals surface area contributed by atoms with Crippen molar-refractivity contribution in [2.24, 2.45) is 0 Å². The lowest BCUT2D eigenvalue weighted by atomic mass is 10.1. The molecule has 0 aliphatic heterocycles. The molecule has 25 heavy (non-hydrogen) atoms. The molecule has 1 aromatic carbocycles. The molecule has 0 saturated carbocycles. The maximum atomic E-state index is 12.0. The molecule has 0 aliphatic carbocycles. The summed E-state index contributed by atoms with van der Waals surface area (Å²) < 4.78 is 6.96. The summed E-state index contributed by atoms with van der Waals surface area (Å²) in [6.45, 7) is 0.358. The van der Waals surface area contributed by atoms with Gasteiger partial charge in [0.25, 0.3) is 0 Å². The van der Waals surface area contributed by atoms with Crippen molar-refractivity contribution in [3.05, 3.63) is 66.9 Å². The molecule has 0 fully saturated rings. The second-order valence-electron chi connectivity index (χ2n) is 5.22. The van der Waals surface area contributed by atoms with Gasteiger partial charge in [-0.05, 0) is 17.7 Å². The molecule has 2 heterocycles. The Morgan fingerprint density at radius 3 is 2.72 bits per heavy atom. The summed E-state index contributed by atoms with van der Waals surface area (Å²) in [5.41, 5.74) is 1.58. The van der Waals surface area contributed by atoms with Crippen LogP contribution in [0.15, 0.2) is 61.3 Å². The topological polar surface area (TPSA) is 94.0 Å². The van der Waals surface area contributed by atoms with Gasteiger partial charge in [0.05, 0.1) is 18.0 Å². The van der Waals surface area contributed by atoms with E-state index in [1.807, 2.05) is 30.3 Å². The highest BCUT2D eigenvalue weighted by Gasteiger charge is 2.11. The van der Waals surface area contributed by atoms with Gasteiger partial charge >= 0.3 is 6.03 Å². The zero-order valence-corrected chi connectivity index (χ0v) is 13.7. The van der Waals surface area contributed by atoms with Gasteiger partial charge in [-0.15, -0.1) is 0 Å². The van der Waals surface area contributed by atoms with Crippen LogP contribution in [0.3, 0.4) is 0 Å². The van der Waals surface area contributed by atoms with Crippen molar-refractivity contribution >= 4 is 11.7 Å². The van der Waals surface area contributed by atoms with Crippen molar-refractivity contribution in [3.63, 3.8) is 0 Å². The monoisotopic (exact) mass is 338 g/mol. The first kappa shape index (κ1) is 16.6. The molecular weight excluding hydrogens is 320 g/mol. The third kappa shape index (κ3) is 4.39. The number of carbonyl (C=O) groups is 1. The number of carbonyl (C=O) groups excluding carboxylic acids is 1. The van der Waals surface area contributed by atoms with Gasteiger partial charge < -0.3 is 15.4 Å². The predicted octanol–water partition coefficient (Wildman–Crippen LogP) is 2.17. The third-order valence-electron chi connectivity index (χ3n) is 3.56. The van der Waals surface area contributed by atoms with Crippen LogP contribution in [0.4, 0.5) is 10.5 Å². The first-order chi connectivity index (χ1) is 12.3. The largest absolute Gasteiger partial charge is 0.375 e. The molecule has 0 spiro atoms. The number of benzene rings is 1. The molecule has 1 atom stereocenters. The molecule has 8 heteroatoms. The number of hydrogen-bond acceptors (Lipinski definition) is 5. The molecule has 1 unspecified atom stereocenters. The Kier molecular flexibility index (Phi) is 5.32. The number of aromatic nitrogens is 4. The zero-order valence-electron chi connectivity index (χ0n) is 13.7. The van der Waals surface area contributed by atoms with E-state index >= 15 is 0 Å². The van der Waals surface area contributed by atoms with Crippen molar-refractivity contribution in [3.8, 4) is 5.82 Å². The summed E-state index contributed by atoms with van der Waals surface area (Å²) in [6.07, 6.45) is 4.33. The third-order valence-corrected chi connectivity index (χ3v) is 3.56. The number of amides is 2. The Balaban J connectivity index is 1.54. The summed E-state index contributed by atoms with van der Waals surface area (Å²) >= 11 is 0. The first-order valence-electron chi connectivity index (χ1n) is 7.70. The van der Waals surface area contributed by atoms with Gasteiger partial charge in [-0.2, -0.15) is 5.10 Å². The average Bonchev–Trinajstić information content (AvgIpc) is 3.18. The van der Waals surface area contributed by atoms with Gasteiger partial charge in [-0.25, -0.2) is 19.4 Å². The van der Waals surface area contributed by atoms with Crippen molar-refractivity contribution < 1.29 is 9.53 Å². The van der Waals surface area contributed by atoms with E-state index in [0.29, 0.717) is 18.1 Å². The summed E-state index contributed by atoms with van der Waals surface area (Å²) in [6, 6.07) is 12.9. The summed E-state index contributed by atoms with van der Waals surface area (Å²) in [5, 5.41) is 9.52. The summed E-state index contributed by atoms with van der Waals surface area (Å²) in [7, 11) is 1.62. The second kappa shape index (κ2) is 8.02. The fraction of sp³-hybridized carbons (Fsp3) is 0.176.